The van der Waals surface area contributed by atoms with Gasteiger partial charge in [0.05, 0.1) is 26.4 Å². The fourth-order valence-corrected chi connectivity index (χ4v) is 12.8. The molecule has 17 nitrogen and oxygen atoms in total. The Bertz CT molecular complexity index is 2350. The second-order valence-electron chi connectivity index (χ2n) is 27.7. The minimum Gasteiger partial charge on any atom is -0.462 e. The maximum atomic E-state index is 13.1. The van der Waals surface area contributed by atoms with E-state index in [1.807, 2.05) is 0 Å². The van der Waals surface area contributed by atoms with Crippen LogP contribution >= 0.6 is 15.6 Å². The fourth-order valence-electron chi connectivity index (χ4n) is 11.2. The van der Waals surface area contributed by atoms with Crippen LogP contribution in [0.15, 0.2) is 97.2 Å². The number of hydrogen-bond acceptors (Lipinski definition) is 15. The van der Waals surface area contributed by atoms with Crippen molar-refractivity contribution < 1.29 is 80.2 Å². The van der Waals surface area contributed by atoms with Gasteiger partial charge in [-0.2, -0.15) is 0 Å². The minimum atomic E-state index is -4.99. The zero-order valence-electron chi connectivity index (χ0n) is 65.9. The number of aliphatic hydroxyl groups excluding tert-OH is 1. The highest BCUT2D eigenvalue weighted by atomic mass is 31.2. The molecule has 0 bridgehead atoms. The normalized spacial score (nSPS) is 14.3. The van der Waals surface area contributed by atoms with Crippen LogP contribution in [0.3, 0.4) is 0 Å². The number of rotatable bonds is 78. The van der Waals surface area contributed by atoms with Crippen LogP contribution in [0, 0.1) is 0 Å². The predicted molar refractivity (Wildman–Crippen MR) is 427 cm³/mol. The monoisotopic (exact) mass is 1510 g/mol. The second kappa shape index (κ2) is 77.1. The lowest BCUT2D eigenvalue weighted by atomic mass is 10.1. The highest BCUT2D eigenvalue weighted by molar-refractivity contribution is 7.47. The summed E-state index contributed by atoms with van der Waals surface area (Å²) in [7, 11) is -9.97. The molecule has 0 radical (unpaired) electrons. The van der Waals surface area contributed by atoms with Crippen LogP contribution in [-0.4, -0.2) is 96.7 Å². The molecule has 5 atom stereocenters. The zero-order valence-corrected chi connectivity index (χ0v) is 67.7. The van der Waals surface area contributed by atoms with Crippen molar-refractivity contribution in [3.63, 3.8) is 0 Å². The number of phosphoric acid groups is 2. The molecule has 0 saturated heterocycles. The van der Waals surface area contributed by atoms with Gasteiger partial charge in [0.1, 0.15) is 19.3 Å². The van der Waals surface area contributed by atoms with Crippen LogP contribution in [0.25, 0.3) is 0 Å². The molecule has 0 spiro atoms. The number of aliphatic hydroxyl groups is 1. The number of ether oxygens (including phenoxy) is 4. The maximum absolute atomic E-state index is 13.1. The topological polar surface area (TPSA) is 237 Å². The van der Waals surface area contributed by atoms with Crippen molar-refractivity contribution in [2.45, 2.75) is 380 Å². The van der Waals surface area contributed by atoms with Gasteiger partial charge in [0.2, 0.25) is 0 Å². The first-order valence-corrected chi connectivity index (χ1v) is 44.5. The maximum Gasteiger partial charge on any atom is 0.472 e. The van der Waals surface area contributed by atoms with Crippen LogP contribution in [0.4, 0.5) is 0 Å². The molecule has 2 unspecified atom stereocenters. The first-order valence-electron chi connectivity index (χ1n) is 41.5. The third kappa shape index (κ3) is 76.2. The molecule has 0 aromatic carbocycles. The Balaban J connectivity index is 5.40. The molecule has 0 rings (SSSR count). The van der Waals surface area contributed by atoms with Crippen molar-refractivity contribution in [1.29, 1.82) is 0 Å². The molecule has 0 heterocycles. The minimum absolute atomic E-state index is 0.0544. The van der Waals surface area contributed by atoms with E-state index < -0.39 is 97.5 Å². The van der Waals surface area contributed by atoms with Crippen molar-refractivity contribution in [2.75, 3.05) is 39.6 Å². The Morgan fingerprint density at radius 1 is 0.279 bits per heavy atom. The molecule has 0 aromatic rings. The predicted octanol–water partition coefficient (Wildman–Crippen LogP) is 24.3. The average molecular weight is 1510 g/mol. The van der Waals surface area contributed by atoms with Gasteiger partial charge in [-0.1, -0.05) is 285 Å². The molecule has 0 aromatic heterocycles. The third-order valence-corrected chi connectivity index (χ3v) is 19.4. The quantitative estimate of drug-likeness (QED) is 0.0169. The van der Waals surface area contributed by atoms with E-state index in [-0.39, 0.29) is 25.7 Å². The van der Waals surface area contributed by atoms with E-state index in [9.17, 15) is 43.2 Å². The van der Waals surface area contributed by atoms with Crippen LogP contribution in [0.5, 0.6) is 0 Å². The SMILES string of the molecule is CC/C=C\C/C=C\C/C=C\C/C=C\C/C=C\CCCCCC(=O)O[C@H](COC(=O)CCCCCCC/C=C\CCCCCCCC)COP(=O)(O)OC[C@@H](O)COP(=O)(O)OC[C@@H](COC(=O)CCCCCCC/C=C\CCCCCCCC)OC(=O)CCCCCCCCC/C=C\CCCCCC. The van der Waals surface area contributed by atoms with Gasteiger partial charge in [0, 0.05) is 25.7 Å². The van der Waals surface area contributed by atoms with Crippen molar-refractivity contribution in [3.8, 4) is 0 Å². The Labute approximate surface area is 633 Å². The molecule has 602 valence electrons. The van der Waals surface area contributed by atoms with E-state index in [4.69, 9.17) is 37.0 Å². The molecule has 104 heavy (non-hydrogen) atoms. The number of esters is 4. The van der Waals surface area contributed by atoms with Gasteiger partial charge in [-0.15, -0.1) is 0 Å². The van der Waals surface area contributed by atoms with Crippen LogP contribution in [-0.2, 0) is 65.4 Å². The molecular formula is C85H150O17P2. The van der Waals surface area contributed by atoms with Crippen molar-refractivity contribution in [3.05, 3.63) is 97.2 Å². The Morgan fingerprint density at radius 2 is 0.500 bits per heavy atom. The Kier molecular flexibility index (Phi) is 74.2. The summed E-state index contributed by atoms with van der Waals surface area (Å²) in [6.45, 7) is 4.73. The van der Waals surface area contributed by atoms with Gasteiger partial charge >= 0.3 is 39.5 Å². The first kappa shape index (κ1) is 100.0. The number of hydrogen-bond donors (Lipinski definition) is 3. The lowest BCUT2D eigenvalue weighted by Gasteiger charge is -2.21. The second-order valence-corrected chi connectivity index (χ2v) is 30.6. The van der Waals surface area contributed by atoms with E-state index in [1.165, 1.54) is 103 Å². The number of carbonyl (C=O) groups is 4. The lowest BCUT2D eigenvalue weighted by Crippen LogP contribution is -2.30. The van der Waals surface area contributed by atoms with Crippen LogP contribution in [0.2, 0.25) is 0 Å². The number of carbonyl (C=O) groups excluding carboxylic acids is 4. The summed E-state index contributed by atoms with van der Waals surface area (Å²) in [5.74, 6) is -2.21. The van der Waals surface area contributed by atoms with E-state index in [2.05, 4.69) is 125 Å². The van der Waals surface area contributed by atoms with Gasteiger partial charge in [0.15, 0.2) is 12.2 Å². The van der Waals surface area contributed by atoms with E-state index in [0.717, 1.165) is 180 Å². The van der Waals surface area contributed by atoms with Gasteiger partial charge < -0.3 is 33.8 Å². The third-order valence-electron chi connectivity index (χ3n) is 17.5. The van der Waals surface area contributed by atoms with Crippen molar-refractivity contribution in [2.24, 2.45) is 0 Å². The highest BCUT2D eigenvalue weighted by Crippen LogP contribution is 2.45. The number of unbranched alkanes of at least 4 members (excludes halogenated alkanes) is 36. The van der Waals surface area contributed by atoms with E-state index >= 15 is 0 Å². The molecule has 3 N–H and O–H groups in total. The van der Waals surface area contributed by atoms with Gasteiger partial charge in [-0.25, -0.2) is 9.13 Å². The molecule has 0 aliphatic rings. The molecule has 0 fully saturated rings. The standard InChI is InChI=1S/C85H150O17P2/c1-5-9-13-17-21-25-29-33-37-38-39-40-44-48-52-56-60-64-68-72-85(90)102-81(76-96-83(88)70-66-62-58-54-50-46-42-35-31-27-23-19-15-11-7-3)78-100-104(93,94)98-74-79(86)73-97-103(91,92)99-77-80(101-84(89)71-67-63-59-55-51-47-43-36-32-28-24-20-16-12-8-4)75-95-82(87)69-65-61-57-53-49-45-41-34-30-26-22-18-14-10-6-2/h9,13,21,25,28,32-35,37,39-42,48,52,79-81,86H,5-8,10-12,14-20,22-24,26-27,29-31,36,38,43-47,49-51,53-78H2,1-4H3,(H,91,92)(H,93,94)/b13-9-,25-21-,32-28-,37-33-,40-39-,41-34-,42-35-,52-48-/t79-,80+,81+/m0/s1. The van der Waals surface area contributed by atoms with Gasteiger partial charge in [-0.3, -0.25) is 37.3 Å². The van der Waals surface area contributed by atoms with Gasteiger partial charge in [-0.05, 0) is 148 Å². The van der Waals surface area contributed by atoms with Crippen LogP contribution < -0.4 is 0 Å². The summed E-state index contributed by atoms with van der Waals surface area (Å²) < 4.78 is 68.7. The fraction of sp³-hybridized carbons (Fsp3) is 0.765. The summed E-state index contributed by atoms with van der Waals surface area (Å²) in [5, 5.41) is 10.7. The van der Waals surface area contributed by atoms with E-state index in [1.54, 1.807) is 0 Å². The molecule has 19 heteroatoms. The summed E-state index contributed by atoms with van der Waals surface area (Å²) in [6.07, 6.45) is 82.3. The zero-order chi connectivity index (χ0) is 76.0. The molecule has 0 amide bonds. The summed E-state index contributed by atoms with van der Waals surface area (Å²) >= 11 is 0. The first-order chi connectivity index (χ1) is 50.7. The average Bonchev–Trinajstić information content (AvgIpc) is 0.943. The summed E-state index contributed by atoms with van der Waals surface area (Å²) in [5.41, 5.74) is 0. The molecule has 0 aliphatic carbocycles. The van der Waals surface area contributed by atoms with Crippen molar-refractivity contribution in [1.82, 2.24) is 0 Å². The van der Waals surface area contributed by atoms with Crippen LogP contribution in [0.1, 0.15) is 362 Å². The largest absolute Gasteiger partial charge is 0.472 e. The lowest BCUT2D eigenvalue weighted by molar-refractivity contribution is -0.161. The number of phosphoric ester groups is 2. The molecule has 0 aliphatic heterocycles. The van der Waals surface area contributed by atoms with Gasteiger partial charge in [0.25, 0.3) is 0 Å². The Hall–Kier alpha value is -4.02. The number of allylic oxidation sites excluding steroid dienone is 16. The van der Waals surface area contributed by atoms with E-state index in [0.29, 0.717) is 25.7 Å². The molecule has 0 saturated carbocycles. The van der Waals surface area contributed by atoms with Crippen molar-refractivity contribution >= 4 is 39.5 Å². The summed E-state index contributed by atoms with van der Waals surface area (Å²) in [6, 6.07) is 0. The highest BCUT2D eigenvalue weighted by Gasteiger charge is 2.30. The smallest absolute Gasteiger partial charge is 0.462 e. The molecular weight excluding hydrogens is 1350 g/mol. The Morgan fingerprint density at radius 3 is 0.798 bits per heavy atom. The summed E-state index contributed by atoms with van der Waals surface area (Å²) in [4.78, 5) is 73.1.